The van der Waals surface area contributed by atoms with Crippen molar-refractivity contribution in [3.05, 3.63) is 40.5 Å². The fourth-order valence-electron chi connectivity index (χ4n) is 1.41. The molecule has 0 N–H and O–H groups in total. The number of nitrogens with zero attached hydrogens (tertiary/aromatic N) is 2. The van der Waals surface area contributed by atoms with Crippen molar-refractivity contribution >= 4 is 27.7 Å². The van der Waals surface area contributed by atoms with Gasteiger partial charge in [0, 0.05) is 22.7 Å². The highest BCUT2D eigenvalue weighted by molar-refractivity contribution is 9.10. The molecule has 0 aliphatic rings. The van der Waals surface area contributed by atoms with E-state index in [1.165, 1.54) is 4.90 Å². The van der Waals surface area contributed by atoms with E-state index >= 15 is 0 Å². The van der Waals surface area contributed by atoms with Crippen LogP contribution in [0, 0.1) is 6.92 Å². The molecule has 1 aromatic heterocycles. The number of rotatable bonds is 5. The lowest BCUT2D eigenvalue weighted by Gasteiger charge is -2.02. The molecule has 0 spiro atoms. The van der Waals surface area contributed by atoms with E-state index in [2.05, 4.69) is 44.3 Å². The number of benzene rings is 1. The fraction of sp³-hybridized carbons (Fsp3) is 0.333. The van der Waals surface area contributed by atoms with E-state index in [0.717, 1.165) is 29.0 Å². The first-order valence-corrected chi connectivity index (χ1v) is 7.20. The molecule has 0 unspecified atom stereocenters. The summed E-state index contributed by atoms with van der Waals surface area (Å²) in [5.41, 5.74) is 0. The Morgan fingerprint density at radius 3 is 2.82 bits per heavy atom. The van der Waals surface area contributed by atoms with Crippen LogP contribution in [0.2, 0.25) is 0 Å². The molecule has 0 atom stereocenters. The molecular formula is C12H13BrN2OS. The summed E-state index contributed by atoms with van der Waals surface area (Å²) < 4.78 is 6.47. The zero-order chi connectivity index (χ0) is 12.1. The Kier molecular flexibility index (Phi) is 4.62. The van der Waals surface area contributed by atoms with Crippen LogP contribution in [0.3, 0.4) is 0 Å². The fourth-order valence-corrected chi connectivity index (χ4v) is 2.92. The Morgan fingerprint density at radius 1 is 1.29 bits per heavy atom. The summed E-state index contributed by atoms with van der Waals surface area (Å²) >= 11 is 5.37. The molecule has 17 heavy (non-hydrogen) atoms. The molecule has 1 heterocycles. The molecule has 0 radical (unpaired) electrons. The minimum absolute atomic E-state index is 0.637. The van der Waals surface area contributed by atoms with Crippen LogP contribution in [0.5, 0.6) is 0 Å². The first kappa shape index (κ1) is 12.6. The summed E-state index contributed by atoms with van der Waals surface area (Å²) in [5.74, 6) is 2.41. The van der Waals surface area contributed by atoms with E-state index in [-0.39, 0.29) is 0 Å². The van der Waals surface area contributed by atoms with E-state index in [4.69, 9.17) is 4.42 Å². The zero-order valence-electron chi connectivity index (χ0n) is 9.52. The van der Waals surface area contributed by atoms with Crippen molar-refractivity contribution in [1.82, 2.24) is 10.2 Å². The molecule has 2 aromatic rings. The summed E-state index contributed by atoms with van der Waals surface area (Å²) in [5, 5.41) is 7.78. The topological polar surface area (TPSA) is 38.9 Å². The highest BCUT2D eigenvalue weighted by Gasteiger charge is 2.03. The number of hydrogen-bond donors (Lipinski definition) is 0. The summed E-state index contributed by atoms with van der Waals surface area (Å²) in [7, 11) is 0. The third-order valence-electron chi connectivity index (χ3n) is 2.20. The summed E-state index contributed by atoms with van der Waals surface area (Å²) in [6.45, 7) is 1.81. The average molecular weight is 313 g/mol. The van der Waals surface area contributed by atoms with Gasteiger partial charge in [-0.25, -0.2) is 0 Å². The predicted octanol–water partition coefficient (Wildman–Crippen LogP) is 3.87. The van der Waals surface area contributed by atoms with Gasteiger partial charge in [0.1, 0.15) is 0 Å². The molecule has 2 rings (SSSR count). The number of thioether (sulfide) groups is 1. The molecule has 0 aliphatic carbocycles. The summed E-state index contributed by atoms with van der Waals surface area (Å²) in [6.07, 6.45) is 1.88. The molecule has 0 amide bonds. The molecule has 3 nitrogen and oxygen atoms in total. The first-order valence-electron chi connectivity index (χ1n) is 5.42. The molecule has 0 bridgehead atoms. The predicted molar refractivity (Wildman–Crippen MR) is 72.2 cm³/mol. The van der Waals surface area contributed by atoms with Gasteiger partial charge in [0.2, 0.25) is 11.8 Å². The molecule has 0 saturated carbocycles. The highest BCUT2D eigenvalue weighted by atomic mass is 79.9. The summed E-state index contributed by atoms with van der Waals surface area (Å²) in [6, 6.07) is 8.25. The van der Waals surface area contributed by atoms with Crippen molar-refractivity contribution < 1.29 is 4.42 Å². The third-order valence-corrected chi connectivity index (χ3v) is 4.31. The number of aromatic nitrogens is 2. The molecular weight excluding hydrogens is 300 g/mol. The minimum atomic E-state index is 0.637. The second-order valence-electron chi connectivity index (χ2n) is 3.60. The smallest absolute Gasteiger partial charge is 0.216 e. The van der Waals surface area contributed by atoms with Crippen molar-refractivity contribution in [2.45, 2.75) is 24.7 Å². The quantitative estimate of drug-likeness (QED) is 0.620. The Bertz CT molecular complexity index is 487. The van der Waals surface area contributed by atoms with Gasteiger partial charge in [0.05, 0.1) is 0 Å². The Labute approximate surface area is 113 Å². The van der Waals surface area contributed by atoms with Crippen LogP contribution in [0.1, 0.15) is 18.2 Å². The van der Waals surface area contributed by atoms with Crippen LogP contribution in [0.25, 0.3) is 0 Å². The van der Waals surface area contributed by atoms with Crippen LogP contribution in [-0.4, -0.2) is 16.0 Å². The molecule has 0 aliphatic heterocycles. The van der Waals surface area contributed by atoms with Gasteiger partial charge in [-0.05, 0) is 40.2 Å². The Hall–Kier alpha value is -0.810. The van der Waals surface area contributed by atoms with Crippen LogP contribution in [-0.2, 0) is 6.42 Å². The second-order valence-corrected chi connectivity index (χ2v) is 5.59. The van der Waals surface area contributed by atoms with Gasteiger partial charge in [-0.1, -0.05) is 12.1 Å². The maximum absolute atomic E-state index is 5.32. The van der Waals surface area contributed by atoms with E-state index < -0.39 is 0 Å². The highest BCUT2D eigenvalue weighted by Crippen LogP contribution is 2.27. The number of halogens is 1. The SMILES string of the molecule is Cc1nnc(CCCSc2ccccc2Br)o1. The molecule has 0 saturated heterocycles. The maximum atomic E-state index is 5.32. The van der Waals surface area contributed by atoms with Gasteiger partial charge >= 0.3 is 0 Å². The van der Waals surface area contributed by atoms with E-state index in [9.17, 15) is 0 Å². The standard InChI is InChI=1S/C12H13BrN2OS/c1-9-14-15-12(16-9)7-4-8-17-11-6-3-2-5-10(11)13/h2-3,5-6H,4,7-8H2,1H3. The van der Waals surface area contributed by atoms with E-state index in [1.807, 2.05) is 24.8 Å². The van der Waals surface area contributed by atoms with E-state index in [1.54, 1.807) is 0 Å². The van der Waals surface area contributed by atoms with Gasteiger partial charge in [0.25, 0.3) is 0 Å². The van der Waals surface area contributed by atoms with E-state index in [0.29, 0.717) is 5.89 Å². The van der Waals surface area contributed by atoms with Gasteiger partial charge < -0.3 is 4.42 Å². The van der Waals surface area contributed by atoms with Gasteiger partial charge in [-0.3, -0.25) is 0 Å². The van der Waals surface area contributed by atoms with Crippen LogP contribution in [0.15, 0.2) is 38.1 Å². The normalized spacial score (nSPS) is 10.7. The zero-order valence-corrected chi connectivity index (χ0v) is 11.9. The van der Waals surface area contributed by atoms with Crippen LogP contribution >= 0.6 is 27.7 Å². The van der Waals surface area contributed by atoms with Crippen LogP contribution < -0.4 is 0 Å². The molecule has 90 valence electrons. The van der Waals surface area contributed by atoms with Crippen molar-refractivity contribution in [3.8, 4) is 0 Å². The monoisotopic (exact) mass is 312 g/mol. The average Bonchev–Trinajstić information content (AvgIpc) is 2.73. The Balaban J connectivity index is 1.75. The van der Waals surface area contributed by atoms with Crippen molar-refractivity contribution in [2.75, 3.05) is 5.75 Å². The number of aryl methyl sites for hydroxylation is 2. The Morgan fingerprint density at radius 2 is 2.12 bits per heavy atom. The van der Waals surface area contributed by atoms with Crippen molar-refractivity contribution in [3.63, 3.8) is 0 Å². The lowest BCUT2D eigenvalue weighted by Crippen LogP contribution is -1.88. The summed E-state index contributed by atoms with van der Waals surface area (Å²) in [4.78, 5) is 1.27. The van der Waals surface area contributed by atoms with Gasteiger partial charge in [-0.2, -0.15) is 0 Å². The molecule has 5 heteroatoms. The molecule has 0 fully saturated rings. The first-order chi connectivity index (χ1) is 8.25. The molecule has 1 aromatic carbocycles. The van der Waals surface area contributed by atoms with Crippen LogP contribution in [0.4, 0.5) is 0 Å². The minimum Gasteiger partial charge on any atom is -0.426 e. The van der Waals surface area contributed by atoms with Gasteiger partial charge in [0.15, 0.2) is 0 Å². The van der Waals surface area contributed by atoms with Crippen molar-refractivity contribution in [1.29, 1.82) is 0 Å². The lowest BCUT2D eigenvalue weighted by molar-refractivity contribution is 0.465. The second kappa shape index (κ2) is 6.21. The van der Waals surface area contributed by atoms with Crippen molar-refractivity contribution in [2.24, 2.45) is 0 Å². The van der Waals surface area contributed by atoms with Gasteiger partial charge in [-0.15, -0.1) is 22.0 Å². The third kappa shape index (κ3) is 3.85. The largest absolute Gasteiger partial charge is 0.426 e. The lowest BCUT2D eigenvalue weighted by atomic mass is 10.3. The maximum Gasteiger partial charge on any atom is 0.216 e. The number of hydrogen-bond acceptors (Lipinski definition) is 4.